The Balaban J connectivity index is 0.0000162. The van der Waals surface area contributed by atoms with Crippen molar-refractivity contribution in [3.8, 4) is 11.5 Å². The Labute approximate surface area is 382 Å². The SMILES string of the molecule is CCCCCCCCCCCCCCCCCC[n+]1ccc(OCCCCCCOc2cc[n+](CCCCCCCCCCCCCCCCCC)cc2)cc1.[Br-].[Br-]. The van der Waals surface area contributed by atoms with Crippen LogP contribution in [0.2, 0.25) is 0 Å². The Morgan fingerprint density at radius 2 is 0.500 bits per heavy atom. The molecule has 0 spiro atoms. The van der Waals surface area contributed by atoms with Crippen molar-refractivity contribution in [2.45, 2.75) is 258 Å². The van der Waals surface area contributed by atoms with Gasteiger partial charge < -0.3 is 43.4 Å². The quantitative estimate of drug-likeness (QED) is 0.0490. The highest BCUT2D eigenvalue weighted by molar-refractivity contribution is 5.15. The summed E-state index contributed by atoms with van der Waals surface area (Å²) in [7, 11) is 0. The summed E-state index contributed by atoms with van der Waals surface area (Å²) in [5.74, 6) is 1.99. The topological polar surface area (TPSA) is 26.2 Å². The van der Waals surface area contributed by atoms with Gasteiger partial charge in [0.05, 0.1) is 13.2 Å². The maximum absolute atomic E-state index is 6.02. The van der Waals surface area contributed by atoms with Crippen LogP contribution in [0.1, 0.15) is 245 Å². The second-order valence-corrected chi connectivity index (χ2v) is 17.3. The predicted molar refractivity (Wildman–Crippen MR) is 242 cm³/mol. The molecule has 338 valence electrons. The van der Waals surface area contributed by atoms with Crippen LogP contribution in [0.4, 0.5) is 0 Å². The van der Waals surface area contributed by atoms with E-state index in [0.717, 1.165) is 50.6 Å². The van der Waals surface area contributed by atoms with Crippen LogP contribution in [0.25, 0.3) is 0 Å². The van der Waals surface area contributed by atoms with Crippen molar-refractivity contribution in [1.29, 1.82) is 0 Å². The zero-order chi connectivity index (χ0) is 39.7. The van der Waals surface area contributed by atoms with Gasteiger partial charge in [0.15, 0.2) is 24.8 Å². The van der Waals surface area contributed by atoms with Gasteiger partial charge in [0.1, 0.15) is 24.6 Å². The Morgan fingerprint density at radius 1 is 0.293 bits per heavy atom. The number of aromatic nitrogens is 2. The van der Waals surface area contributed by atoms with E-state index in [-0.39, 0.29) is 34.0 Å². The first-order valence-electron chi connectivity index (χ1n) is 25.1. The summed E-state index contributed by atoms with van der Waals surface area (Å²) in [5.41, 5.74) is 0. The molecule has 0 atom stereocenters. The summed E-state index contributed by atoms with van der Waals surface area (Å²) in [6, 6.07) is 8.52. The lowest BCUT2D eigenvalue weighted by Gasteiger charge is -2.07. The molecular weight excluding hydrogens is 844 g/mol. The second-order valence-electron chi connectivity index (χ2n) is 17.3. The number of unbranched alkanes of at least 4 members (excludes halogenated alkanes) is 33. The van der Waals surface area contributed by atoms with E-state index in [1.165, 1.54) is 218 Å². The highest BCUT2D eigenvalue weighted by atomic mass is 79.9. The monoisotopic (exact) mass is 937 g/mol. The number of hydrogen-bond acceptors (Lipinski definition) is 2. The van der Waals surface area contributed by atoms with Gasteiger partial charge in [0, 0.05) is 37.1 Å². The van der Waals surface area contributed by atoms with Gasteiger partial charge in [-0.1, -0.05) is 194 Å². The largest absolute Gasteiger partial charge is 1.00 e. The fourth-order valence-electron chi connectivity index (χ4n) is 8.00. The van der Waals surface area contributed by atoms with E-state index >= 15 is 0 Å². The lowest BCUT2D eigenvalue weighted by molar-refractivity contribution is -0.697. The molecule has 0 aliphatic rings. The lowest BCUT2D eigenvalue weighted by Crippen LogP contribution is -3.00. The van der Waals surface area contributed by atoms with Gasteiger partial charge in [-0.15, -0.1) is 0 Å². The molecule has 2 rings (SSSR count). The molecule has 0 amide bonds. The summed E-state index contributed by atoms with van der Waals surface area (Å²) in [5, 5.41) is 0. The minimum atomic E-state index is 0. The van der Waals surface area contributed by atoms with E-state index in [1.807, 2.05) is 0 Å². The number of ether oxygens (including phenoxy) is 2. The van der Waals surface area contributed by atoms with Gasteiger partial charge >= 0.3 is 0 Å². The van der Waals surface area contributed by atoms with Crippen molar-refractivity contribution in [3.63, 3.8) is 0 Å². The summed E-state index contributed by atoms with van der Waals surface area (Å²) in [6.07, 6.45) is 58.7. The van der Waals surface area contributed by atoms with Crippen LogP contribution < -0.4 is 52.6 Å². The molecule has 2 aromatic rings. The van der Waals surface area contributed by atoms with E-state index in [1.54, 1.807) is 0 Å². The molecule has 0 fully saturated rings. The Kier molecular flexibility index (Phi) is 44.5. The van der Waals surface area contributed by atoms with Gasteiger partial charge in [-0.25, -0.2) is 9.13 Å². The molecule has 0 aliphatic carbocycles. The third-order valence-electron chi connectivity index (χ3n) is 11.8. The van der Waals surface area contributed by atoms with Crippen LogP contribution in [0.5, 0.6) is 11.5 Å². The third kappa shape index (κ3) is 36.7. The number of pyridine rings is 2. The molecule has 0 saturated heterocycles. The summed E-state index contributed by atoms with van der Waals surface area (Å²) >= 11 is 0. The molecular formula is C52H94Br2N2O2. The average molecular weight is 939 g/mol. The zero-order valence-electron chi connectivity index (χ0n) is 38.4. The first kappa shape index (κ1) is 56.9. The van der Waals surface area contributed by atoms with Crippen LogP contribution in [-0.4, -0.2) is 13.2 Å². The van der Waals surface area contributed by atoms with Crippen LogP contribution in [0, 0.1) is 0 Å². The minimum Gasteiger partial charge on any atom is -1.00 e. The maximum Gasteiger partial charge on any atom is 0.172 e. The van der Waals surface area contributed by atoms with Crippen molar-refractivity contribution < 1.29 is 52.6 Å². The van der Waals surface area contributed by atoms with E-state index in [2.05, 4.69) is 72.0 Å². The van der Waals surface area contributed by atoms with Gasteiger partial charge in [-0.3, -0.25) is 0 Å². The first-order chi connectivity index (χ1) is 27.8. The van der Waals surface area contributed by atoms with Crippen molar-refractivity contribution in [3.05, 3.63) is 49.1 Å². The smallest absolute Gasteiger partial charge is 0.172 e. The van der Waals surface area contributed by atoms with Gasteiger partial charge in [0.2, 0.25) is 0 Å². The number of hydrogen-bond donors (Lipinski definition) is 0. The molecule has 0 unspecified atom stereocenters. The molecule has 0 aliphatic heterocycles. The van der Waals surface area contributed by atoms with E-state index < -0.39 is 0 Å². The zero-order valence-corrected chi connectivity index (χ0v) is 41.5. The fraction of sp³-hybridized carbons (Fsp3) is 0.808. The summed E-state index contributed by atoms with van der Waals surface area (Å²) in [4.78, 5) is 0. The molecule has 58 heavy (non-hydrogen) atoms. The molecule has 0 radical (unpaired) electrons. The minimum absolute atomic E-state index is 0. The molecule has 6 heteroatoms. The lowest BCUT2D eigenvalue weighted by atomic mass is 10.0. The molecule has 2 heterocycles. The average Bonchev–Trinajstić information content (AvgIpc) is 3.22. The normalized spacial score (nSPS) is 11.0. The van der Waals surface area contributed by atoms with Crippen LogP contribution in [0.15, 0.2) is 49.1 Å². The van der Waals surface area contributed by atoms with E-state index in [0.29, 0.717) is 0 Å². The van der Waals surface area contributed by atoms with Crippen LogP contribution in [-0.2, 0) is 13.1 Å². The van der Waals surface area contributed by atoms with Gasteiger partial charge in [0.25, 0.3) is 0 Å². The van der Waals surface area contributed by atoms with Crippen molar-refractivity contribution in [2.24, 2.45) is 0 Å². The molecule has 0 saturated carbocycles. The molecule has 4 nitrogen and oxygen atoms in total. The highest BCUT2D eigenvalue weighted by Crippen LogP contribution is 2.16. The Hall–Kier alpha value is -1.14. The Bertz CT molecular complexity index is 983. The molecule has 0 N–H and O–H groups in total. The summed E-state index contributed by atoms with van der Waals surface area (Å²) < 4.78 is 16.7. The number of rotatable bonds is 43. The predicted octanol–water partition coefficient (Wildman–Crippen LogP) is 9.81. The summed E-state index contributed by atoms with van der Waals surface area (Å²) in [6.45, 7) is 8.42. The Morgan fingerprint density at radius 3 is 0.741 bits per heavy atom. The van der Waals surface area contributed by atoms with Crippen LogP contribution in [0.3, 0.4) is 0 Å². The van der Waals surface area contributed by atoms with Crippen LogP contribution >= 0.6 is 0 Å². The third-order valence-corrected chi connectivity index (χ3v) is 11.8. The number of halogens is 2. The van der Waals surface area contributed by atoms with Crippen molar-refractivity contribution in [2.75, 3.05) is 13.2 Å². The fourth-order valence-corrected chi connectivity index (χ4v) is 8.00. The number of nitrogens with zero attached hydrogens (tertiary/aromatic N) is 2. The first-order valence-corrected chi connectivity index (χ1v) is 25.1. The molecule has 2 aromatic heterocycles. The standard InChI is InChI=1S/C52H94N2O2.2BrH/c1-3-5-7-9-11-13-15-17-19-21-23-25-27-29-31-35-43-53-45-39-51(40-46-53)55-49-37-33-34-38-50-56-52-41-47-54(48-42-52)44-36-32-30-28-26-24-22-20-18-16-14-12-10-8-6-4-2;;/h39-42,45-48H,3-38,43-44,49-50H2,1-2H3;2*1H/q+2;;/p-2. The van der Waals surface area contributed by atoms with Crippen molar-refractivity contribution in [1.82, 2.24) is 0 Å². The molecule has 0 aromatic carbocycles. The highest BCUT2D eigenvalue weighted by Gasteiger charge is 2.05. The number of aryl methyl sites for hydroxylation is 2. The van der Waals surface area contributed by atoms with E-state index in [9.17, 15) is 0 Å². The van der Waals surface area contributed by atoms with Gasteiger partial charge in [-0.05, 0) is 38.5 Å². The van der Waals surface area contributed by atoms with E-state index in [4.69, 9.17) is 9.47 Å². The maximum atomic E-state index is 6.02. The second kappa shape index (κ2) is 45.4. The van der Waals surface area contributed by atoms with Crippen molar-refractivity contribution >= 4 is 0 Å². The van der Waals surface area contributed by atoms with Gasteiger partial charge in [-0.2, -0.15) is 0 Å². The molecule has 0 bridgehead atoms.